The number of benzene rings is 2. The van der Waals surface area contributed by atoms with Crippen LogP contribution in [0, 0.1) is 10.1 Å². The van der Waals surface area contributed by atoms with Crippen LogP contribution in [0.15, 0.2) is 47.5 Å². The number of para-hydroxylation sites is 2. The first-order valence-corrected chi connectivity index (χ1v) is 5.37. The molecule has 0 aliphatic carbocycles. The first-order valence-electron chi connectivity index (χ1n) is 5.37. The molecule has 0 fully saturated rings. The lowest BCUT2D eigenvalue weighted by Crippen LogP contribution is -1.89. The molecule has 0 atom stereocenters. The van der Waals surface area contributed by atoms with Crippen LogP contribution in [0.4, 0.5) is 11.4 Å². The van der Waals surface area contributed by atoms with Crippen LogP contribution in [0.2, 0.25) is 0 Å². The van der Waals surface area contributed by atoms with E-state index >= 15 is 0 Å². The Balaban J connectivity index is 2.29. The lowest BCUT2D eigenvalue weighted by molar-refractivity contribution is -0.384. The van der Waals surface area contributed by atoms with E-state index in [9.17, 15) is 20.3 Å². The molecule has 19 heavy (non-hydrogen) atoms. The summed E-state index contributed by atoms with van der Waals surface area (Å²) in [5.74, 6) is -0.228. The third-order valence-electron chi connectivity index (χ3n) is 2.45. The smallest absolute Gasteiger partial charge is 0.273 e. The normalized spacial score (nSPS) is 10.7. The van der Waals surface area contributed by atoms with Gasteiger partial charge in [0.15, 0.2) is 0 Å². The second-order valence-electron chi connectivity index (χ2n) is 3.75. The van der Waals surface area contributed by atoms with Gasteiger partial charge in [-0.3, -0.25) is 15.1 Å². The summed E-state index contributed by atoms with van der Waals surface area (Å²) < 4.78 is 0. The van der Waals surface area contributed by atoms with Gasteiger partial charge in [0.1, 0.15) is 17.2 Å². The van der Waals surface area contributed by atoms with Crippen molar-refractivity contribution in [3.8, 4) is 11.5 Å². The number of phenolic OH excluding ortho intramolecular Hbond substituents is 2. The van der Waals surface area contributed by atoms with Crippen molar-refractivity contribution >= 4 is 17.6 Å². The fraction of sp³-hybridized carbons (Fsp3) is 0. The highest BCUT2D eigenvalue weighted by Crippen LogP contribution is 2.26. The Kier molecular flexibility index (Phi) is 3.42. The van der Waals surface area contributed by atoms with Crippen molar-refractivity contribution in [1.29, 1.82) is 0 Å². The molecule has 0 unspecified atom stereocenters. The maximum absolute atomic E-state index is 10.5. The maximum atomic E-state index is 10.5. The minimum absolute atomic E-state index is 0.0140. The average Bonchev–Trinajstić information content (AvgIpc) is 2.39. The van der Waals surface area contributed by atoms with E-state index in [0.717, 1.165) is 6.07 Å². The predicted octanol–water partition coefficient (Wildman–Crippen LogP) is 2.76. The first-order chi connectivity index (χ1) is 9.08. The molecule has 0 amide bonds. The number of aliphatic imine (C=N–C) groups is 1. The predicted molar refractivity (Wildman–Crippen MR) is 70.1 cm³/mol. The van der Waals surface area contributed by atoms with Gasteiger partial charge in [0, 0.05) is 17.8 Å². The number of nitro benzene ring substituents is 1. The molecule has 0 aromatic heterocycles. The number of hydrogen-bond donors (Lipinski definition) is 2. The lowest BCUT2D eigenvalue weighted by atomic mass is 10.2. The van der Waals surface area contributed by atoms with Crippen LogP contribution >= 0.6 is 0 Å². The number of nitrogens with zero attached hydrogens (tertiary/aromatic N) is 2. The molecule has 2 aromatic carbocycles. The van der Waals surface area contributed by atoms with Gasteiger partial charge in [0.25, 0.3) is 5.69 Å². The third kappa shape index (κ3) is 2.86. The van der Waals surface area contributed by atoms with Gasteiger partial charge >= 0.3 is 0 Å². The topological polar surface area (TPSA) is 96.0 Å². The van der Waals surface area contributed by atoms with E-state index in [0.29, 0.717) is 11.3 Å². The molecule has 0 radical (unpaired) electrons. The van der Waals surface area contributed by atoms with Crippen LogP contribution in [-0.2, 0) is 0 Å². The standard InChI is InChI=1S/C13H10N2O4/c16-12-4-2-1-3-11(12)14-8-9-5-6-10(15(18)19)7-13(9)17/h1-8,16-17H. The second kappa shape index (κ2) is 5.18. The largest absolute Gasteiger partial charge is 0.507 e. The summed E-state index contributed by atoms with van der Waals surface area (Å²) in [4.78, 5) is 13.9. The molecule has 6 heteroatoms. The highest BCUT2D eigenvalue weighted by molar-refractivity contribution is 5.86. The molecular weight excluding hydrogens is 248 g/mol. The molecule has 2 rings (SSSR count). The molecule has 2 N–H and O–H groups in total. The Morgan fingerprint density at radius 3 is 2.47 bits per heavy atom. The summed E-state index contributed by atoms with van der Waals surface area (Å²) in [6.07, 6.45) is 1.33. The van der Waals surface area contributed by atoms with Gasteiger partial charge in [-0.05, 0) is 18.2 Å². The Labute approximate surface area is 108 Å². The zero-order valence-electron chi connectivity index (χ0n) is 9.72. The van der Waals surface area contributed by atoms with Gasteiger partial charge in [-0.2, -0.15) is 0 Å². The van der Waals surface area contributed by atoms with Gasteiger partial charge in [-0.15, -0.1) is 0 Å². The van der Waals surface area contributed by atoms with E-state index in [1.165, 1.54) is 24.4 Å². The summed E-state index contributed by atoms with van der Waals surface area (Å²) in [6, 6.07) is 10.2. The summed E-state index contributed by atoms with van der Waals surface area (Å²) in [5, 5.41) is 29.7. The molecule has 0 aliphatic heterocycles. The van der Waals surface area contributed by atoms with E-state index in [-0.39, 0.29) is 17.2 Å². The third-order valence-corrected chi connectivity index (χ3v) is 2.45. The number of hydrogen-bond acceptors (Lipinski definition) is 5. The summed E-state index contributed by atoms with van der Waals surface area (Å²) >= 11 is 0. The van der Waals surface area contributed by atoms with E-state index in [4.69, 9.17) is 0 Å². The van der Waals surface area contributed by atoms with Gasteiger partial charge in [0.05, 0.1) is 11.0 Å². The van der Waals surface area contributed by atoms with Crippen molar-refractivity contribution in [3.05, 3.63) is 58.1 Å². The number of aromatic hydroxyl groups is 2. The van der Waals surface area contributed by atoms with E-state index < -0.39 is 4.92 Å². The van der Waals surface area contributed by atoms with Gasteiger partial charge in [-0.25, -0.2) is 0 Å². The van der Waals surface area contributed by atoms with Crippen molar-refractivity contribution in [3.63, 3.8) is 0 Å². The minimum Gasteiger partial charge on any atom is -0.507 e. The maximum Gasteiger partial charge on any atom is 0.273 e. The Bertz CT molecular complexity index is 653. The monoisotopic (exact) mass is 258 g/mol. The van der Waals surface area contributed by atoms with E-state index in [2.05, 4.69) is 4.99 Å². The fourth-order valence-corrected chi connectivity index (χ4v) is 1.47. The first kappa shape index (κ1) is 12.6. The molecular formula is C13H10N2O4. The second-order valence-corrected chi connectivity index (χ2v) is 3.75. The van der Waals surface area contributed by atoms with Crippen LogP contribution in [0.5, 0.6) is 11.5 Å². The van der Waals surface area contributed by atoms with Crippen molar-refractivity contribution < 1.29 is 15.1 Å². The SMILES string of the molecule is O=[N+]([O-])c1ccc(C=Nc2ccccc2O)c(O)c1. The minimum atomic E-state index is -0.594. The van der Waals surface area contributed by atoms with E-state index in [1.54, 1.807) is 18.2 Å². The Morgan fingerprint density at radius 1 is 1.11 bits per heavy atom. The summed E-state index contributed by atoms with van der Waals surface area (Å²) in [7, 11) is 0. The van der Waals surface area contributed by atoms with Crippen LogP contribution in [0.25, 0.3) is 0 Å². The van der Waals surface area contributed by atoms with Crippen LogP contribution in [-0.4, -0.2) is 21.4 Å². The molecule has 0 heterocycles. The molecule has 2 aromatic rings. The molecule has 6 nitrogen and oxygen atoms in total. The number of phenols is 2. The molecule has 0 bridgehead atoms. The van der Waals surface area contributed by atoms with Crippen molar-refractivity contribution in [2.45, 2.75) is 0 Å². The molecule has 0 spiro atoms. The molecule has 0 aliphatic rings. The molecule has 96 valence electrons. The zero-order valence-corrected chi connectivity index (χ0v) is 9.72. The Hall–Kier alpha value is -2.89. The number of nitro groups is 1. The lowest BCUT2D eigenvalue weighted by Gasteiger charge is -2.00. The van der Waals surface area contributed by atoms with Crippen LogP contribution < -0.4 is 0 Å². The van der Waals surface area contributed by atoms with Crippen molar-refractivity contribution in [2.24, 2.45) is 4.99 Å². The van der Waals surface area contributed by atoms with Gasteiger partial charge in [0.2, 0.25) is 0 Å². The van der Waals surface area contributed by atoms with Gasteiger partial charge in [-0.1, -0.05) is 12.1 Å². The number of non-ortho nitro benzene ring substituents is 1. The average molecular weight is 258 g/mol. The molecule has 0 saturated carbocycles. The number of rotatable bonds is 3. The zero-order chi connectivity index (χ0) is 13.8. The quantitative estimate of drug-likeness (QED) is 0.502. The van der Waals surface area contributed by atoms with Crippen molar-refractivity contribution in [2.75, 3.05) is 0 Å². The van der Waals surface area contributed by atoms with Crippen LogP contribution in [0.1, 0.15) is 5.56 Å². The Morgan fingerprint density at radius 2 is 1.84 bits per heavy atom. The highest BCUT2D eigenvalue weighted by Gasteiger charge is 2.08. The van der Waals surface area contributed by atoms with Crippen LogP contribution in [0.3, 0.4) is 0 Å². The highest BCUT2D eigenvalue weighted by atomic mass is 16.6. The van der Waals surface area contributed by atoms with Gasteiger partial charge < -0.3 is 10.2 Å². The van der Waals surface area contributed by atoms with E-state index in [1.807, 2.05) is 0 Å². The summed E-state index contributed by atoms with van der Waals surface area (Å²) in [5.41, 5.74) is 0.478. The summed E-state index contributed by atoms with van der Waals surface area (Å²) in [6.45, 7) is 0. The molecule has 0 saturated heterocycles. The fourth-order valence-electron chi connectivity index (χ4n) is 1.47. The van der Waals surface area contributed by atoms with Crippen molar-refractivity contribution in [1.82, 2.24) is 0 Å².